The van der Waals surface area contributed by atoms with Crippen LogP contribution < -0.4 is 5.43 Å². The Morgan fingerprint density at radius 1 is 1.62 bits per heavy atom. The number of hydrogen-bond acceptors (Lipinski definition) is 5. The lowest BCUT2D eigenvalue weighted by Gasteiger charge is -2.30. The molecule has 0 aromatic carbocycles. The van der Waals surface area contributed by atoms with Crippen molar-refractivity contribution < 1.29 is 13.2 Å². The zero-order chi connectivity index (χ0) is 15.3. The van der Waals surface area contributed by atoms with Gasteiger partial charge in [0, 0.05) is 18.7 Å². The fourth-order valence-electron chi connectivity index (χ4n) is 2.20. The smallest absolute Gasteiger partial charge is 0.244 e. The highest BCUT2D eigenvalue weighted by Crippen LogP contribution is 2.19. The van der Waals surface area contributed by atoms with Gasteiger partial charge >= 0.3 is 0 Å². The maximum atomic E-state index is 12.0. The van der Waals surface area contributed by atoms with Gasteiger partial charge in [-0.05, 0) is 36.6 Å². The van der Waals surface area contributed by atoms with Crippen LogP contribution in [0.2, 0.25) is 0 Å². The zero-order valence-electron chi connectivity index (χ0n) is 11.9. The van der Waals surface area contributed by atoms with E-state index in [1.54, 1.807) is 24.5 Å². The van der Waals surface area contributed by atoms with Gasteiger partial charge in [0.1, 0.15) is 0 Å². The second kappa shape index (κ2) is 7.15. The minimum atomic E-state index is -3.23. The molecule has 1 unspecified atom stereocenters. The quantitative estimate of drug-likeness (QED) is 0.652. The largest absolute Gasteiger partial charge is 0.273 e. The van der Waals surface area contributed by atoms with Crippen molar-refractivity contribution in [2.45, 2.75) is 19.8 Å². The lowest BCUT2D eigenvalue weighted by molar-refractivity contribution is -0.126. The van der Waals surface area contributed by atoms with E-state index in [1.807, 2.05) is 16.8 Å². The first-order chi connectivity index (χ1) is 10.0. The van der Waals surface area contributed by atoms with Gasteiger partial charge in [-0.2, -0.15) is 16.4 Å². The molecule has 6 nitrogen and oxygen atoms in total. The van der Waals surface area contributed by atoms with E-state index in [9.17, 15) is 13.2 Å². The molecule has 0 aliphatic carbocycles. The van der Waals surface area contributed by atoms with E-state index < -0.39 is 10.0 Å². The number of amides is 1. The maximum Gasteiger partial charge on any atom is 0.244 e. The van der Waals surface area contributed by atoms with Crippen molar-refractivity contribution in [3.05, 3.63) is 22.4 Å². The van der Waals surface area contributed by atoms with Crippen molar-refractivity contribution in [3.63, 3.8) is 0 Å². The fourth-order valence-corrected chi connectivity index (χ4v) is 3.99. The molecule has 0 radical (unpaired) electrons. The van der Waals surface area contributed by atoms with Gasteiger partial charge in [0.25, 0.3) is 0 Å². The molecule has 0 bridgehead atoms. The molecule has 116 valence electrons. The van der Waals surface area contributed by atoms with Crippen LogP contribution in [0.15, 0.2) is 21.9 Å². The van der Waals surface area contributed by atoms with E-state index in [4.69, 9.17) is 0 Å². The van der Waals surface area contributed by atoms with Crippen molar-refractivity contribution in [2.24, 2.45) is 11.0 Å². The summed E-state index contributed by atoms with van der Waals surface area (Å²) < 4.78 is 25.1. The van der Waals surface area contributed by atoms with E-state index in [2.05, 4.69) is 10.5 Å². The molecule has 1 aromatic heterocycles. The monoisotopic (exact) mass is 329 g/mol. The number of nitrogens with one attached hydrogen (secondary N) is 1. The van der Waals surface area contributed by atoms with Gasteiger partial charge in [0.2, 0.25) is 15.9 Å². The number of hydrogen-bond donors (Lipinski definition) is 1. The van der Waals surface area contributed by atoms with Crippen LogP contribution in [-0.2, 0) is 14.8 Å². The number of thiophene rings is 1. The Morgan fingerprint density at radius 2 is 2.43 bits per heavy atom. The van der Waals surface area contributed by atoms with Crippen LogP contribution >= 0.6 is 11.3 Å². The van der Waals surface area contributed by atoms with Crippen molar-refractivity contribution in [1.29, 1.82) is 0 Å². The molecule has 1 amide bonds. The molecule has 2 heterocycles. The van der Waals surface area contributed by atoms with Gasteiger partial charge in [0.15, 0.2) is 0 Å². The molecule has 0 saturated carbocycles. The number of hydrazone groups is 1. The van der Waals surface area contributed by atoms with Gasteiger partial charge in [-0.1, -0.05) is 0 Å². The van der Waals surface area contributed by atoms with E-state index in [0.29, 0.717) is 19.4 Å². The van der Waals surface area contributed by atoms with Crippen molar-refractivity contribution in [3.8, 4) is 0 Å². The summed E-state index contributed by atoms with van der Waals surface area (Å²) in [6.45, 7) is 2.36. The molecule has 1 atom stereocenters. The summed E-state index contributed by atoms with van der Waals surface area (Å²) >= 11 is 1.55. The molecule has 8 heteroatoms. The Kier molecular flexibility index (Phi) is 5.49. The third-order valence-corrected chi connectivity index (χ3v) is 5.99. The van der Waals surface area contributed by atoms with Gasteiger partial charge in [-0.25, -0.2) is 18.1 Å². The van der Waals surface area contributed by atoms with Crippen LogP contribution in [-0.4, -0.2) is 43.7 Å². The number of nitrogens with zero attached hydrogens (tertiary/aromatic N) is 2. The third kappa shape index (κ3) is 4.36. The molecule has 2 rings (SSSR count). The van der Waals surface area contributed by atoms with Crippen LogP contribution in [0, 0.1) is 5.92 Å². The van der Waals surface area contributed by atoms with Crippen LogP contribution in [0.4, 0.5) is 0 Å². The van der Waals surface area contributed by atoms with Crippen LogP contribution in [0.3, 0.4) is 0 Å². The summed E-state index contributed by atoms with van der Waals surface area (Å²) in [5.41, 5.74) is 3.42. The third-order valence-electron chi connectivity index (χ3n) is 3.44. The topological polar surface area (TPSA) is 78.8 Å². The number of carbonyl (C=O) groups is 1. The van der Waals surface area contributed by atoms with E-state index in [0.717, 1.165) is 5.56 Å². The summed E-state index contributed by atoms with van der Waals surface area (Å²) in [5, 5.41) is 7.76. The second-order valence-corrected chi connectivity index (χ2v) is 7.93. The lowest BCUT2D eigenvalue weighted by atomic mass is 9.99. The molecule has 1 fully saturated rings. The first-order valence-electron chi connectivity index (χ1n) is 6.86. The summed E-state index contributed by atoms with van der Waals surface area (Å²) in [4.78, 5) is 12.0. The van der Waals surface area contributed by atoms with Crippen molar-refractivity contribution in [2.75, 3.05) is 18.8 Å². The van der Waals surface area contributed by atoms with Gasteiger partial charge in [-0.15, -0.1) is 0 Å². The fraction of sp³-hybridized carbons (Fsp3) is 0.538. The molecule has 21 heavy (non-hydrogen) atoms. The standard InChI is InChI=1S/C13H19N3O3S2/c1-2-21(18,19)16-6-3-4-12(9-16)13(17)15-14-8-11-5-7-20-10-11/h5,7-8,10,12H,2-4,6,9H2,1H3,(H,15,17). The lowest BCUT2D eigenvalue weighted by Crippen LogP contribution is -2.45. The first kappa shape index (κ1) is 16.1. The summed E-state index contributed by atoms with van der Waals surface area (Å²) in [6.07, 6.45) is 2.97. The van der Waals surface area contributed by atoms with Gasteiger partial charge in [0.05, 0.1) is 17.9 Å². The number of sulfonamides is 1. The molecular weight excluding hydrogens is 310 g/mol. The Hall–Kier alpha value is -1.25. The normalized spacial score (nSPS) is 20.7. The van der Waals surface area contributed by atoms with Crippen LogP contribution in [0.1, 0.15) is 25.3 Å². The minimum Gasteiger partial charge on any atom is -0.273 e. The van der Waals surface area contributed by atoms with Crippen molar-refractivity contribution >= 4 is 33.5 Å². The molecule has 1 saturated heterocycles. The van der Waals surface area contributed by atoms with E-state index in [1.165, 1.54) is 4.31 Å². The Morgan fingerprint density at radius 3 is 3.10 bits per heavy atom. The van der Waals surface area contributed by atoms with Crippen LogP contribution in [0.5, 0.6) is 0 Å². The minimum absolute atomic E-state index is 0.0671. The first-order valence-corrected chi connectivity index (χ1v) is 9.41. The zero-order valence-corrected chi connectivity index (χ0v) is 13.5. The van der Waals surface area contributed by atoms with Gasteiger partial charge in [-0.3, -0.25) is 4.79 Å². The predicted molar refractivity (Wildman–Crippen MR) is 83.8 cm³/mol. The maximum absolute atomic E-state index is 12.0. The average molecular weight is 329 g/mol. The summed E-state index contributed by atoms with van der Waals surface area (Å²) in [5.74, 6) is -0.491. The molecule has 0 spiro atoms. The Bertz CT molecular complexity index is 596. The highest BCUT2D eigenvalue weighted by Gasteiger charge is 2.31. The van der Waals surface area contributed by atoms with E-state index >= 15 is 0 Å². The van der Waals surface area contributed by atoms with Crippen molar-refractivity contribution in [1.82, 2.24) is 9.73 Å². The molecular formula is C13H19N3O3S2. The summed E-state index contributed by atoms with van der Waals surface area (Å²) in [7, 11) is -3.23. The average Bonchev–Trinajstić information content (AvgIpc) is 3.00. The summed E-state index contributed by atoms with van der Waals surface area (Å²) in [6, 6.07) is 1.90. The molecule has 1 N–H and O–H groups in total. The number of rotatable bonds is 5. The molecule has 1 aliphatic rings. The Balaban J connectivity index is 1.90. The predicted octanol–water partition coefficient (Wildman–Crippen LogP) is 1.26. The van der Waals surface area contributed by atoms with E-state index in [-0.39, 0.29) is 24.1 Å². The van der Waals surface area contributed by atoms with Gasteiger partial charge < -0.3 is 0 Å². The van der Waals surface area contributed by atoms with Crippen LogP contribution in [0.25, 0.3) is 0 Å². The number of piperidine rings is 1. The highest BCUT2D eigenvalue weighted by atomic mass is 32.2. The SMILES string of the molecule is CCS(=O)(=O)N1CCCC(C(=O)NN=Cc2ccsc2)C1. The number of carbonyl (C=O) groups excluding carboxylic acids is 1. The molecule has 1 aliphatic heterocycles. The Labute approximate surface area is 128 Å². The second-order valence-electron chi connectivity index (χ2n) is 4.89. The highest BCUT2D eigenvalue weighted by molar-refractivity contribution is 7.89. The molecule has 1 aromatic rings.